The summed E-state index contributed by atoms with van der Waals surface area (Å²) in [4.78, 5) is 12.3. The maximum atomic E-state index is 13.4. The number of benzene rings is 2. The van der Waals surface area contributed by atoms with Crippen molar-refractivity contribution in [1.82, 2.24) is 4.31 Å². The number of aliphatic hydroxyl groups excluding tert-OH is 1. The third kappa shape index (κ3) is 4.47. The Hall–Kier alpha value is -2.50. The number of hydrogen-bond donors (Lipinski definition) is 2. The van der Waals surface area contributed by atoms with Crippen LogP contribution in [0.1, 0.15) is 28.8 Å². The first-order valence-electron chi connectivity index (χ1n) is 8.95. The highest BCUT2D eigenvalue weighted by Crippen LogP contribution is 2.33. The molecule has 0 aliphatic carbocycles. The summed E-state index contributed by atoms with van der Waals surface area (Å²) in [5.41, 5.74) is -1.92. The molecular formula is C19H18F4N2O4S. The van der Waals surface area contributed by atoms with Gasteiger partial charge >= 0.3 is 6.18 Å². The Morgan fingerprint density at radius 1 is 1.20 bits per heavy atom. The first-order chi connectivity index (χ1) is 14.0. The van der Waals surface area contributed by atoms with E-state index in [-0.39, 0.29) is 29.3 Å². The SMILES string of the molecule is O=C(Nc1ccc(F)c(C(F)(F)F)c1)c1cccc(S(=O)(=O)N2CCCC2CO)c1. The number of rotatable bonds is 5. The van der Waals surface area contributed by atoms with Crippen LogP contribution in [0.25, 0.3) is 0 Å². The molecule has 0 bridgehead atoms. The van der Waals surface area contributed by atoms with Gasteiger partial charge in [0.25, 0.3) is 5.91 Å². The summed E-state index contributed by atoms with van der Waals surface area (Å²) in [5, 5.41) is 11.6. The van der Waals surface area contributed by atoms with Gasteiger partial charge in [-0.25, -0.2) is 12.8 Å². The molecule has 1 fully saturated rings. The molecule has 11 heteroatoms. The fourth-order valence-corrected chi connectivity index (χ4v) is 5.00. The van der Waals surface area contributed by atoms with Crippen molar-refractivity contribution in [2.75, 3.05) is 18.5 Å². The van der Waals surface area contributed by atoms with Crippen molar-refractivity contribution >= 4 is 21.6 Å². The highest BCUT2D eigenvalue weighted by atomic mass is 32.2. The second-order valence-corrected chi connectivity index (χ2v) is 8.66. The minimum atomic E-state index is -4.93. The quantitative estimate of drug-likeness (QED) is 0.691. The van der Waals surface area contributed by atoms with Crippen LogP contribution in [-0.4, -0.2) is 42.9 Å². The molecule has 1 aliphatic heterocycles. The third-order valence-corrected chi connectivity index (χ3v) is 6.71. The number of hydrogen-bond acceptors (Lipinski definition) is 4. The van der Waals surface area contributed by atoms with E-state index in [4.69, 9.17) is 0 Å². The van der Waals surface area contributed by atoms with Gasteiger partial charge in [0, 0.05) is 23.8 Å². The number of halogens is 4. The first-order valence-corrected chi connectivity index (χ1v) is 10.4. The third-order valence-electron chi connectivity index (χ3n) is 4.77. The maximum absolute atomic E-state index is 13.4. The van der Waals surface area contributed by atoms with Crippen LogP contribution in [0, 0.1) is 5.82 Å². The van der Waals surface area contributed by atoms with Crippen LogP contribution in [-0.2, 0) is 16.2 Å². The fraction of sp³-hybridized carbons (Fsp3) is 0.316. The lowest BCUT2D eigenvalue weighted by molar-refractivity contribution is -0.139. The van der Waals surface area contributed by atoms with E-state index in [2.05, 4.69) is 5.32 Å². The molecule has 1 aliphatic rings. The van der Waals surface area contributed by atoms with E-state index < -0.39 is 39.5 Å². The molecule has 2 aromatic rings. The van der Waals surface area contributed by atoms with Crippen LogP contribution in [0.2, 0.25) is 0 Å². The summed E-state index contributed by atoms with van der Waals surface area (Å²) >= 11 is 0. The Bertz CT molecular complexity index is 1060. The van der Waals surface area contributed by atoms with Gasteiger partial charge in [-0.3, -0.25) is 4.79 Å². The van der Waals surface area contributed by atoms with Crippen molar-refractivity contribution in [3.05, 3.63) is 59.4 Å². The largest absolute Gasteiger partial charge is 0.419 e. The number of carbonyl (C=O) groups excluding carboxylic acids is 1. The maximum Gasteiger partial charge on any atom is 0.419 e. The molecule has 0 spiro atoms. The second kappa shape index (κ2) is 8.32. The molecule has 2 aromatic carbocycles. The summed E-state index contributed by atoms with van der Waals surface area (Å²) in [6.07, 6.45) is -3.82. The van der Waals surface area contributed by atoms with Gasteiger partial charge in [0.2, 0.25) is 10.0 Å². The molecule has 6 nitrogen and oxygen atoms in total. The molecule has 3 rings (SSSR count). The highest BCUT2D eigenvalue weighted by Gasteiger charge is 2.36. The number of aliphatic hydroxyl groups is 1. The zero-order valence-electron chi connectivity index (χ0n) is 15.5. The molecular weight excluding hydrogens is 428 g/mol. The monoisotopic (exact) mass is 446 g/mol. The summed E-state index contributed by atoms with van der Waals surface area (Å²) < 4.78 is 78.8. The zero-order chi connectivity index (χ0) is 22.1. The van der Waals surface area contributed by atoms with Crippen molar-refractivity contribution < 1.29 is 35.9 Å². The summed E-state index contributed by atoms with van der Waals surface area (Å²) in [5.74, 6) is -2.33. The second-order valence-electron chi connectivity index (χ2n) is 6.77. The number of sulfonamides is 1. The Kier molecular flexibility index (Phi) is 6.16. The van der Waals surface area contributed by atoms with Crippen LogP contribution >= 0.6 is 0 Å². The van der Waals surface area contributed by atoms with Gasteiger partial charge < -0.3 is 10.4 Å². The zero-order valence-corrected chi connectivity index (χ0v) is 16.3. The van der Waals surface area contributed by atoms with Crippen LogP contribution in [0.15, 0.2) is 47.4 Å². The van der Waals surface area contributed by atoms with Crippen LogP contribution in [0.3, 0.4) is 0 Å². The first kappa shape index (κ1) is 22.2. The molecule has 0 aromatic heterocycles. The minimum absolute atomic E-state index is 0.103. The van der Waals surface area contributed by atoms with E-state index in [9.17, 15) is 35.9 Å². The summed E-state index contributed by atoms with van der Waals surface area (Å²) in [7, 11) is -3.97. The number of anilines is 1. The van der Waals surface area contributed by atoms with Crippen LogP contribution in [0.4, 0.5) is 23.2 Å². The molecule has 1 amide bonds. The Balaban J connectivity index is 1.85. The van der Waals surface area contributed by atoms with E-state index in [0.717, 1.165) is 12.1 Å². The smallest absolute Gasteiger partial charge is 0.395 e. The van der Waals surface area contributed by atoms with E-state index in [0.29, 0.717) is 25.0 Å². The van der Waals surface area contributed by atoms with Crippen molar-refractivity contribution in [2.45, 2.75) is 30.0 Å². The standard InChI is InChI=1S/C19H18F4N2O4S/c20-17-7-6-13(10-16(17)19(21,22)23)24-18(27)12-3-1-5-15(9-12)30(28,29)25-8-2-4-14(25)11-26/h1,3,5-7,9-10,14,26H,2,4,8,11H2,(H,24,27). The van der Waals surface area contributed by atoms with Gasteiger partial charge in [-0.15, -0.1) is 0 Å². The molecule has 30 heavy (non-hydrogen) atoms. The van der Waals surface area contributed by atoms with E-state index >= 15 is 0 Å². The molecule has 1 unspecified atom stereocenters. The van der Waals surface area contributed by atoms with Gasteiger partial charge in [-0.05, 0) is 49.2 Å². The summed E-state index contributed by atoms with van der Waals surface area (Å²) in [6.45, 7) is -0.0920. The lowest BCUT2D eigenvalue weighted by atomic mass is 10.1. The number of carbonyl (C=O) groups is 1. The van der Waals surface area contributed by atoms with Crippen molar-refractivity contribution in [3.8, 4) is 0 Å². The minimum Gasteiger partial charge on any atom is -0.395 e. The molecule has 0 saturated carbocycles. The van der Waals surface area contributed by atoms with Gasteiger partial charge in [-0.1, -0.05) is 6.07 Å². The lowest BCUT2D eigenvalue weighted by Gasteiger charge is -2.22. The van der Waals surface area contributed by atoms with Crippen molar-refractivity contribution in [3.63, 3.8) is 0 Å². The van der Waals surface area contributed by atoms with Crippen molar-refractivity contribution in [2.24, 2.45) is 0 Å². The molecule has 1 saturated heterocycles. The highest BCUT2D eigenvalue weighted by molar-refractivity contribution is 7.89. The Labute approximate surface area is 170 Å². The van der Waals surface area contributed by atoms with Crippen LogP contribution in [0.5, 0.6) is 0 Å². The Morgan fingerprint density at radius 2 is 1.93 bits per heavy atom. The predicted molar refractivity (Wildman–Crippen MR) is 99.8 cm³/mol. The van der Waals surface area contributed by atoms with Gasteiger partial charge in [0.05, 0.1) is 17.1 Å². The van der Waals surface area contributed by atoms with Gasteiger partial charge in [0.15, 0.2) is 0 Å². The van der Waals surface area contributed by atoms with Gasteiger partial charge in [0.1, 0.15) is 5.82 Å². The van der Waals surface area contributed by atoms with Gasteiger partial charge in [-0.2, -0.15) is 17.5 Å². The molecule has 0 radical (unpaired) electrons. The molecule has 1 atom stereocenters. The van der Waals surface area contributed by atoms with Crippen LogP contribution < -0.4 is 5.32 Å². The normalized spacial score (nSPS) is 17.8. The average molecular weight is 446 g/mol. The summed E-state index contributed by atoms with van der Waals surface area (Å²) in [6, 6.07) is 6.50. The fourth-order valence-electron chi connectivity index (χ4n) is 3.26. The number of alkyl halides is 3. The average Bonchev–Trinajstić information content (AvgIpc) is 3.18. The number of amides is 1. The Morgan fingerprint density at radius 3 is 2.60 bits per heavy atom. The lowest BCUT2D eigenvalue weighted by Crippen LogP contribution is -2.37. The predicted octanol–water partition coefficient (Wildman–Crippen LogP) is 3.24. The number of nitrogens with zero attached hydrogens (tertiary/aromatic N) is 1. The van der Waals surface area contributed by atoms with E-state index in [1.165, 1.54) is 22.5 Å². The van der Waals surface area contributed by atoms with Crippen molar-refractivity contribution in [1.29, 1.82) is 0 Å². The van der Waals surface area contributed by atoms with E-state index in [1.807, 2.05) is 0 Å². The van der Waals surface area contributed by atoms with E-state index in [1.54, 1.807) is 0 Å². The molecule has 1 heterocycles. The molecule has 2 N–H and O–H groups in total. The molecule has 162 valence electrons. The number of nitrogens with one attached hydrogen (secondary N) is 1. The topological polar surface area (TPSA) is 86.7 Å².